The van der Waals surface area contributed by atoms with Crippen molar-refractivity contribution >= 4 is 39.1 Å². The van der Waals surface area contributed by atoms with Gasteiger partial charge in [0, 0.05) is 17.6 Å². The zero-order valence-electron chi connectivity index (χ0n) is 25.7. The van der Waals surface area contributed by atoms with E-state index in [4.69, 9.17) is 16.3 Å². The van der Waals surface area contributed by atoms with E-state index >= 15 is 0 Å². The number of anilines is 1. The fourth-order valence-electron chi connectivity index (χ4n) is 5.62. The van der Waals surface area contributed by atoms with Crippen molar-refractivity contribution in [3.05, 3.63) is 88.9 Å². The van der Waals surface area contributed by atoms with Crippen molar-refractivity contribution in [2.24, 2.45) is 0 Å². The maximum atomic E-state index is 14.4. The number of halogens is 1. The Morgan fingerprint density at radius 3 is 2.27 bits per heavy atom. The molecule has 0 radical (unpaired) electrons. The maximum Gasteiger partial charge on any atom is 0.264 e. The molecule has 0 aromatic heterocycles. The largest absolute Gasteiger partial charge is 0.492 e. The Balaban J connectivity index is 1.75. The van der Waals surface area contributed by atoms with Crippen LogP contribution in [-0.2, 0) is 26.2 Å². The van der Waals surface area contributed by atoms with Crippen LogP contribution in [0.2, 0.25) is 5.02 Å². The minimum absolute atomic E-state index is 0.0199. The third kappa shape index (κ3) is 8.12. The minimum atomic E-state index is -4.25. The van der Waals surface area contributed by atoms with Crippen molar-refractivity contribution in [1.29, 1.82) is 0 Å². The van der Waals surface area contributed by atoms with Gasteiger partial charge in [-0.1, -0.05) is 74.2 Å². The number of sulfonamides is 1. The van der Waals surface area contributed by atoms with Gasteiger partial charge in [-0.25, -0.2) is 8.42 Å². The van der Waals surface area contributed by atoms with E-state index in [1.807, 2.05) is 38.1 Å². The molecule has 1 saturated carbocycles. The van der Waals surface area contributed by atoms with Gasteiger partial charge in [0.2, 0.25) is 11.8 Å². The summed E-state index contributed by atoms with van der Waals surface area (Å²) in [7, 11) is -4.25. The minimum Gasteiger partial charge on any atom is -0.492 e. The highest BCUT2D eigenvalue weighted by atomic mass is 35.5. The first-order valence-corrected chi connectivity index (χ1v) is 17.1. The van der Waals surface area contributed by atoms with Crippen molar-refractivity contribution in [1.82, 2.24) is 10.2 Å². The second kappa shape index (κ2) is 15.4. The molecule has 44 heavy (non-hydrogen) atoms. The molecule has 1 unspecified atom stereocenters. The monoisotopic (exact) mass is 639 g/mol. The molecule has 1 atom stereocenters. The molecule has 4 rings (SSSR count). The Bertz CT molecular complexity index is 1520. The van der Waals surface area contributed by atoms with Crippen LogP contribution in [0.5, 0.6) is 5.75 Å². The Morgan fingerprint density at radius 2 is 1.61 bits per heavy atom. The van der Waals surface area contributed by atoms with Crippen LogP contribution < -0.4 is 14.4 Å². The maximum absolute atomic E-state index is 14.4. The molecule has 8 nitrogen and oxygen atoms in total. The van der Waals surface area contributed by atoms with Crippen LogP contribution >= 0.6 is 11.6 Å². The zero-order valence-corrected chi connectivity index (χ0v) is 27.2. The van der Waals surface area contributed by atoms with Gasteiger partial charge < -0.3 is 15.0 Å². The van der Waals surface area contributed by atoms with Crippen molar-refractivity contribution in [2.75, 3.05) is 17.5 Å². The predicted octanol–water partition coefficient (Wildman–Crippen LogP) is 6.50. The molecule has 1 aliphatic rings. The standard InChI is InChI=1S/C34H42ClN3O5S/c1-4-30(34(40)36-28-15-7-6-8-16-28)37(23-26-14-10-9-13-25(26)3)33(39)24-38(31-17-11-12-18-32(31)43-5-2)44(41,42)29-21-19-27(35)20-22-29/h9-14,17-22,28,30H,4-8,15-16,23-24H2,1-3H3,(H,36,40). The van der Waals surface area contributed by atoms with Crippen LogP contribution in [0.3, 0.4) is 0 Å². The SMILES string of the molecule is CCOc1ccccc1N(CC(=O)N(Cc1ccccc1C)C(CC)C(=O)NC1CCCCC1)S(=O)(=O)c1ccc(Cl)cc1. The van der Waals surface area contributed by atoms with Crippen LogP contribution in [0.25, 0.3) is 0 Å². The molecule has 1 fully saturated rings. The summed E-state index contributed by atoms with van der Waals surface area (Å²) in [5.41, 5.74) is 2.08. The first-order chi connectivity index (χ1) is 21.1. The summed E-state index contributed by atoms with van der Waals surface area (Å²) in [6.07, 6.45) is 5.47. The predicted molar refractivity (Wildman–Crippen MR) is 174 cm³/mol. The Kier molecular flexibility index (Phi) is 11.7. The van der Waals surface area contributed by atoms with Crippen molar-refractivity contribution in [2.45, 2.75) is 82.8 Å². The van der Waals surface area contributed by atoms with Crippen molar-refractivity contribution in [3.63, 3.8) is 0 Å². The van der Waals surface area contributed by atoms with Gasteiger partial charge in [-0.15, -0.1) is 0 Å². The van der Waals surface area contributed by atoms with E-state index in [9.17, 15) is 18.0 Å². The van der Waals surface area contributed by atoms with Crippen molar-refractivity contribution in [3.8, 4) is 5.75 Å². The average Bonchev–Trinajstić information content (AvgIpc) is 3.02. The van der Waals surface area contributed by atoms with E-state index in [-0.39, 0.29) is 29.1 Å². The number of rotatable bonds is 13. The van der Waals surface area contributed by atoms with Gasteiger partial charge in [-0.2, -0.15) is 0 Å². The summed E-state index contributed by atoms with van der Waals surface area (Å²) in [6, 6.07) is 19.5. The third-order valence-corrected chi connectivity index (χ3v) is 10.1. The van der Waals surface area contributed by atoms with Crippen LogP contribution in [-0.4, -0.2) is 50.4 Å². The normalized spacial score (nSPS) is 14.5. The van der Waals surface area contributed by atoms with E-state index in [0.29, 0.717) is 23.8 Å². The lowest BCUT2D eigenvalue weighted by atomic mass is 9.95. The summed E-state index contributed by atoms with van der Waals surface area (Å²) in [6.45, 7) is 5.56. The third-order valence-electron chi connectivity index (χ3n) is 8.05. The van der Waals surface area contributed by atoms with Gasteiger partial charge in [0.15, 0.2) is 0 Å². The molecule has 236 valence electrons. The van der Waals surface area contributed by atoms with E-state index < -0.39 is 28.5 Å². The molecular weight excluding hydrogens is 598 g/mol. The lowest BCUT2D eigenvalue weighted by molar-refractivity contribution is -0.140. The molecule has 2 amide bonds. The molecule has 1 N–H and O–H groups in total. The van der Waals surface area contributed by atoms with Crippen LogP contribution in [0.1, 0.15) is 63.5 Å². The van der Waals surface area contributed by atoms with Gasteiger partial charge in [-0.3, -0.25) is 13.9 Å². The molecule has 3 aromatic carbocycles. The van der Waals surface area contributed by atoms with Crippen LogP contribution in [0.15, 0.2) is 77.7 Å². The smallest absolute Gasteiger partial charge is 0.264 e. The highest BCUT2D eigenvalue weighted by Crippen LogP contribution is 2.33. The quantitative estimate of drug-likeness (QED) is 0.230. The van der Waals surface area contributed by atoms with E-state index in [0.717, 1.165) is 47.5 Å². The van der Waals surface area contributed by atoms with Gasteiger partial charge >= 0.3 is 0 Å². The number of amides is 2. The highest BCUT2D eigenvalue weighted by Gasteiger charge is 2.35. The van der Waals surface area contributed by atoms with Crippen LogP contribution in [0.4, 0.5) is 5.69 Å². The number of para-hydroxylation sites is 2. The number of benzene rings is 3. The summed E-state index contributed by atoms with van der Waals surface area (Å²) >= 11 is 6.06. The van der Waals surface area contributed by atoms with E-state index in [2.05, 4.69) is 5.32 Å². The molecule has 0 bridgehead atoms. The van der Waals surface area contributed by atoms with Crippen molar-refractivity contribution < 1.29 is 22.7 Å². The fraction of sp³-hybridized carbons (Fsp3) is 0.412. The van der Waals surface area contributed by atoms with Gasteiger partial charge in [0.05, 0.1) is 17.2 Å². The summed E-state index contributed by atoms with van der Waals surface area (Å²) in [5.74, 6) is -0.390. The molecule has 0 aliphatic heterocycles. The number of aryl methyl sites for hydroxylation is 1. The molecular formula is C34H42ClN3O5S. The molecule has 3 aromatic rings. The zero-order chi connectivity index (χ0) is 31.7. The van der Waals surface area contributed by atoms with E-state index in [1.54, 1.807) is 31.2 Å². The number of hydrogen-bond donors (Lipinski definition) is 1. The Morgan fingerprint density at radius 1 is 0.955 bits per heavy atom. The number of hydrogen-bond acceptors (Lipinski definition) is 5. The fourth-order valence-corrected chi connectivity index (χ4v) is 7.17. The lowest BCUT2D eigenvalue weighted by Gasteiger charge is -2.35. The number of ether oxygens (including phenoxy) is 1. The van der Waals surface area contributed by atoms with E-state index in [1.165, 1.54) is 29.2 Å². The number of carbonyl (C=O) groups is 2. The molecule has 0 saturated heterocycles. The Labute approximate surface area is 266 Å². The molecule has 1 aliphatic carbocycles. The van der Waals surface area contributed by atoms with Crippen LogP contribution in [0, 0.1) is 6.92 Å². The first-order valence-electron chi connectivity index (χ1n) is 15.3. The molecule has 10 heteroatoms. The van der Waals surface area contributed by atoms with Gasteiger partial charge in [0.1, 0.15) is 18.3 Å². The Hall–Kier alpha value is -3.56. The number of nitrogens with one attached hydrogen (secondary N) is 1. The van der Waals surface area contributed by atoms with Gasteiger partial charge in [0.25, 0.3) is 10.0 Å². The van der Waals surface area contributed by atoms with Gasteiger partial charge in [-0.05, 0) is 80.6 Å². The highest BCUT2D eigenvalue weighted by molar-refractivity contribution is 7.92. The lowest BCUT2D eigenvalue weighted by Crippen LogP contribution is -2.54. The number of nitrogens with zero attached hydrogens (tertiary/aromatic N) is 2. The summed E-state index contributed by atoms with van der Waals surface area (Å²) in [4.78, 5) is 29.7. The summed E-state index contributed by atoms with van der Waals surface area (Å²) < 4.78 is 35.2. The average molecular weight is 640 g/mol. The first kappa shape index (κ1) is 33.3. The number of carbonyl (C=O) groups excluding carboxylic acids is 2. The molecule has 0 spiro atoms. The second-order valence-electron chi connectivity index (χ2n) is 11.1. The second-order valence-corrected chi connectivity index (χ2v) is 13.4. The summed E-state index contributed by atoms with van der Waals surface area (Å²) in [5, 5.41) is 3.57. The molecule has 0 heterocycles. The topological polar surface area (TPSA) is 96.0 Å².